The molecular formula is C22H26N6O. The molecule has 0 amide bonds. The fourth-order valence-electron chi connectivity index (χ4n) is 5.60. The largest absolute Gasteiger partial charge is 0.370 e. The maximum Gasteiger partial charge on any atom is 0.255 e. The molecule has 3 aromatic rings. The molecule has 6 heterocycles. The number of nitrogens with zero attached hydrogens (tertiary/aromatic N) is 5. The molecule has 0 unspecified atom stereocenters. The number of aromatic nitrogens is 4. The molecule has 7 heteroatoms. The zero-order chi connectivity index (χ0) is 19.4. The summed E-state index contributed by atoms with van der Waals surface area (Å²) in [5.74, 6) is 0.891. The Morgan fingerprint density at radius 1 is 1.10 bits per heavy atom. The maximum atomic E-state index is 13.2. The number of piperidine rings is 1. The van der Waals surface area contributed by atoms with Crippen LogP contribution in [0, 0.1) is 5.92 Å². The van der Waals surface area contributed by atoms with Gasteiger partial charge in [-0.15, -0.1) is 0 Å². The van der Waals surface area contributed by atoms with E-state index < -0.39 is 0 Å². The molecule has 2 bridgehead atoms. The molecule has 3 aliphatic heterocycles. The topological polar surface area (TPSA) is 70.1 Å². The fourth-order valence-corrected chi connectivity index (χ4v) is 5.60. The van der Waals surface area contributed by atoms with Crippen LogP contribution < -0.4 is 10.5 Å². The van der Waals surface area contributed by atoms with Gasteiger partial charge in [0.05, 0.1) is 17.3 Å². The summed E-state index contributed by atoms with van der Waals surface area (Å²) in [6, 6.07) is 6.40. The van der Waals surface area contributed by atoms with Gasteiger partial charge in [-0.25, -0.2) is 4.98 Å². The first-order valence-electron chi connectivity index (χ1n) is 10.7. The van der Waals surface area contributed by atoms with Crippen LogP contribution in [-0.4, -0.2) is 50.8 Å². The molecule has 6 rings (SSSR count). The van der Waals surface area contributed by atoms with Crippen LogP contribution in [0.5, 0.6) is 0 Å². The molecule has 0 saturated carbocycles. The standard InChI is InChI=1S/C22H26N6O/c29-22-16(13-26-7-1-2-8-26)3-4-19-17-9-15(12-28(19)22)11-27(14-17)20-5-6-23-21-18(20)10-24-25-21/h3-6,10,15,17H,1-2,7-9,11-14H2,(H,23,24,25)/t15-,17+/m0/s1. The molecule has 7 nitrogen and oxygen atoms in total. The van der Waals surface area contributed by atoms with E-state index in [-0.39, 0.29) is 5.56 Å². The van der Waals surface area contributed by atoms with E-state index in [1.54, 1.807) is 0 Å². The predicted octanol–water partition coefficient (Wildman–Crippen LogP) is 2.34. The van der Waals surface area contributed by atoms with Gasteiger partial charge in [-0.2, -0.15) is 5.10 Å². The summed E-state index contributed by atoms with van der Waals surface area (Å²) >= 11 is 0. The summed E-state index contributed by atoms with van der Waals surface area (Å²) in [5, 5.41) is 8.21. The third kappa shape index (κ3) is 2.87. The van der Waals surface area contributed by atoms with Crippen molar-refractivity contribution in [1.29, 1.82) is 0 Å². The van der Waals surface area contributed by atoms with Gasteiger partial charge in [0, 0.05) is 49.6 Å². The number of likely N-dealkylation sites (tertiary alicyclic amines) is 1. The minimum atomic E-state index is 0.235. The summed E-state index contributed by atoms with van der Waals surface area (Å²) in [4.78, 5) is 22.5. The third-order valence-corrected chi connectivity index (χ3v) is 6.95. The third-order valence-electron chi connectivity index (χ3n) is 6.95. The van der Waals surface area contributed by atoms with E-state index in [1.165, 1.54) is 30.6 Å². The van der Waals surface area contributed by atoms with Crippen LogP contribution in [0.4, 0.5) is 5.69 Å². The van der Waals surface area contributed by atoms with Gasteiger partial charge < -0.3 is 9.47 Å². The number of H-pyrrole nitrogens is 1. The van der Waals surface area contributed by atoms with Crippen LogP contribution in [0.1, 0.15) is 36.4 Å². The highest BCUT2D eigenvalue weighted by molar-refractivity contribution is 5.88. The van der Waals surface area contributed by atoms with Crippen molar-refractivity contribution in [3.05, 3.63) is 52.2 Å². The molecule has 150 valence electrons. The lowest BCUT2D eigenvalue weighted by Gasteiger charge is -2.44. The van der Waals surface area contributed by atoms with Crippen LogP contribution in [0.25, 0.3) is 11.0 Å². The second-order valence-electron chi connectivity index (χ2n) is 8.85. The predicted molar refractivity (Wildman–Crippen MR) is 112 cm³/mol. The van der Waals surface area contributed by atoms with Gasteiger partial charge in [0.15, 0.2) is 5.65 Å². The molecule has 3 aliphatic rings. The number of aromatic amines is 1. The zero-order valence-corrected chi connectivity index (χ0v) is 16.5. The van der Waals surface area contributed by atoms with E-state index in [0.29, 0.717) is 11.8 Å². The molecule has 2 atom stereocenters. The number of rotatable bonds is 3. The second-order valence-corrected chi connectivity index (χ2v) is 8.85. The van der Waals surface area contributed by atoms with Crippen LogP contribution in [0.2, 0.25) is 0 Å². The maximum absolute atomic E-state index is 13.2. The number of anilines is 1. The fraction of sp³-hybridized carbons (Fsp3) is 0.500. The molecule has 1 N–H and O–H groups in total. The Balaban J connectivity index is 1.31. The Morgan fingerprint density at radius 3 is 2.90 bits per heavy atom. The summed E-state index contributed by atoms with van der Waals surface area (Å²) in [7, 11) is 0. The lowest BCUT2D eigenvalue weighted by atomic mass is 9.82. The summed E-state index contributed by atoms with van der Waals surface area (Å²) < 4.78 is 2.08. The Kier molecular flexibility index (Phi) is 3.97. The summed E-state index contributed by atoms with van der Waals surface area (Å²) in [6.45, 7) is 5.78. The van der Waals surface area contributed by atoms with Crippen molar-refractivity contribution < 1.29 is 0 Å². The van der Waals surface area contributed by atoms with Crippen molar-refractivity contribution in [2.24, 2.45) is 5.92 Å². The van der Waals surface area contributed by atoms with Crippen molar-refractivity contribution in [3.8, 4) is 0 Å². The molecule has 0 aliphatic carbocycles. The monoisotopic (exact) mass is 390 g/mol. The number of pyridine rings is 2. The van der Waals surface area contributed by atoms with Crippen LogP contribution >= 0.6 is 0 Å². The Morgan fingerprint density at radius 2 is 2.00 bits per heavy atom. The summed E-state index contributed by atoms with van der Waals surface area (Å²) in [5.41, 5.74) is 4.43. The lowest BCUT2D eigenvalue weighted by molar-refractivity contribution is 0.278. The van der Waals surface area contributed by atoms with Crippen molar-refractivity contribution in [1.82, 2.24) is 24.6 Å². The molecule has 0 spiro atoms. The average molecular weight is 390 g/mol. The highest BCUT2D eigenvalue weighted by Gasteiger charge is 2.35. The molecule has 2 saturated heterocycles. The van der Waals surface area contributed by atoms with Gasteiger partial charge in [-0.05, 0) is 50.4 Å². The highest BCUT2D eigenvalue weighted by atomic mass is 16.1. The van der Waals surface area contributed by atoms with E-state index >= 15 is 0 Å². The number of hydrogen-bond donors (Lipinski definition) is 1. The minimum Gasteiger partial charge on any atom is -0.370 e. The first-order chi connectivity index (χ1) is 14.3. The van der Waals surface area contributed by atoms with Gasteiger partial charge in [-0.3, -0.25) is 14.8 Å². The minimum absolute atomic E-state index is 0.235. The number of fused-ring (bicyclic) bond motifs is 5. The first kappa shape index (κ1) is 17.2. The van der Waals surface area contributed by atoms with Gasteiger partial charge in [0.25, 0.3) is 5.56 Å². The number of hydrogen-bond acceptors (Lipinski definition) is 5. The zero-order valence-electron chi connectivity index (χ0n) is 16.5. The van der Waals surface area contributed by atoms with Crippen molar-refractivity contribution in [2.45, 2.75) is 38.3 Å². The van der Waals surface area contributed by atoms with Crippen LogP contribution in [0.3, 0.4) is 0 Å². The Hall–Kier alpha value is -2.67. The van der Waals surface area contributed by atoms with Crippen LogP contribution in [-0.2, 0) is 13.1 Å². The SMILES string of the molecule is O=c1c(CN2CCCC2)ccc2n1C[C@H]1C[C@@H]2CN(c2ccnc3[nH]ncc23)C1. The smallest absolute Gasteiger partial charge is 0.255 e. The molecule has 29 heavy (non-hydrogen) atoms. The average Bonchev–Trinajstić information content (AvgIpc) is 3.42. The quantitative estimate of drug-likeness (QED) is 0.743. The highest BCUT2D eigenvalue weighted by Crippen LogP contribution is 2.38. The molecule has 2 fully saturated rings. The lowest BCUT2D eigenvalue weighted by Crippen LogP contribution is -2.47. The van der Waals surface area contributed by atoms with E-state index in [9.17, 15) is 4.79 Å². The normalized spacial score (nSPS) is 24.2. The Labute approximate surface area is 169 Å². The van der Waals surface area contributed by atoms with E-state index in [2.05, 4.69) is 47.7 Å². The van der Waals surface area contributed by atoms with E-state index in [1.807, 2.05) is 12.4 Å². The Bertz CT molecular complexity index is 1110. The molecule has 3 aromatic heterocycles. The van der Waals surface area contributed by atoms with Crippen molar-refractivity contribution >= 4 is 16.7 Å². The van der Waals surface area contributed by atoms with Gasteiger partial charge in [-0.1, -0.05) is 6.07 Å². The van der Waals surface area contributed by atoms with Gasteiger partial charge >= 0.3 is 0 Å². The van der Waals surface area contributed by atoms with Crippen molar-refractivity contribution in [2.75, 3.05) is 31.1 Å². The van der Waals surface area contributed by atoms with Crippen LogP contribution in [0.15, 0.2) is 35.4 Å². The first-order valence-corrected chi connectivity index (χ1v) is 10.7. The van der Waals surface area contributed by atoms with E-state index in [0.717, 1.165) is 55.9 Å². The second kappa shape index (κ2) is 6.69. The number of nitrogens with one attached hydrogen (secondary N) is 1. The van der Waals surface area contributed by atoms with Gasteiger partial charge in [0.2, 0.25) is 0 Å². The van der Waals surface area contributed by atoms with Crippen molar-refractivity contribution in [3.63, 3.8) is 0 Å². The molecular weight excluding hydrogens is 364 g/mol. The molecule has 0 aromatic carbocycles. The summed E-state index contributed by atoms with van der Waals surface area (Å²) in [6.07, 6.45) is 7.39. The van der Waals surface area contributed by atoms with Gasteiger partial charge in [0.1, 0.15) is 0 Å². The van der Waals surface area contributed by atoms with E-state index in [4.69, 9.17) is 0 Å². The molecule has 0 radical (unpaired) electrons.